The fraction of sp³-hybridized carbons (Fsp3) is 0.722. The van der Waals surface area contributed by atoms with E-state index in [1.807, 2.05) is 59.1 Å². The van der Waals surface area contributed by atoms with Crippen LogP contribution in [0.15, 0.2) is 17.5 Å². The lowest BCUT2D eigenvalue weighted by atomic mass is 9.86. The lowest BCUT2D eigenvalue weighted by Crippen LogP contribution is -2.51. The van der Waals surface area contributed by atoms with Gasteiger partial charge in [-0.15, -0.1) is 11.3 Å². The Bertz CT molecular complexity index is 660. The number of carbonyl (C=O) groups excluding carboxylic acids is 1. The second-order valence-electron chi connectivity index (χ2n) is 8.74. The summed E-state index contributed by atoms with van der Waals surface area (Å²) in [5.41, 5.74) is -1.67. The van der Waals surface area contributed by atoms with Crippen molar-refractivity contribution in [3.8, 4) is 0 Å². The smallest absolute Gasteiger partial charge is 0.342 e. The Morgan fingerprint density at radius 1 is 1.20 bits per heavy atom. The summed E-state index contributed by atoms with van der Waals surface area (Å²) in [6.07, 6.45) is 0. The first-order valence-electron chi connectivity index (χ1n) is 8.36. The predicted molar refractivity (Wildman–Crippen MR) is 102 cm³/mol. The number of thiophene rings is 1. The number of nitrogens with one attached hydrogen (secondary N) is 1. The van der Waals surface area contributed by atoms with Crippen LogP contribution in [0.2, 0.25) is 0 Å². The van der Waals surface area contributed by atoms with Crippen LogP contribution in [0.4, 0.5) is 0 Å². The Morgan fingerprint density at radius 2 is 1.80 bits per heavy atom. The van der Waals surface area contributed by atoms with Crippen molar-refractivity contribution in [1.29, 1.82) is 0 Å². The fourth-order valence-corrected chi connectivity index (χ4v) is 4.29. The van der Waals surface area contributed by atoms with Gasteiger partial charge in [-0.1, -0.05) is 26.8 Å². The Kier molecular flexibility index (Phi) is 5.30. The molecule has 1 aromatic heterocycles. The van der Waals surface area contributed by atoms with Crippen LogP contribution in [0, 0.1) is 5.41 Å². The summed E-state index contributed by atoms with van der Waals surface area (Å²) in [7, 11) is -1.37. The molecule has 4 atom stereocenters. The molecule has 25 heavy (non-hydrogen) atoms. The quantitative estimate of drug-likeness (QED) is 0.795. The van der Waals surface area contributed by atoms with Crippen molar-refractivity contribution >= 4 is 28.3 Å². The maximum atomic E-state index is 12.8. The summed E-state index contributed by atoms with van der Waals surface area (Å²) < 4.78 is 27.3. The second-order valence-corrected chi connectivity index (χ2v) is 11.7. The number of cyclic esters (lactones) is 1. The van der Waals surface area contributed by atoms with Gasteiger partial charge in [0.2, 0.25) is 5.79 Å². The van der Waals surface area contributed by atoms with Crippen LogP contribution < -0.4 is 4.72 Å². The highest BCUT2D eigenvalue weighted by Gasteiger charge is 2.62. The molecule has 5 nitrogen and oxygen atoms in total. The number of ether oxygens (including phenoxy) is 2. The zero-order valence-corrected chi connectivity index (χ0v) is 17.9. The van der Waals surface area contributed by atoms with E-state index in [9.17, 15) is 9.00 Å². The van der Waals surface area contributed by atoms with Crippen molar-refractivity contribution in [2.24, 2.45) is 5.41 Å². The first-order chi connectivity index (χ1) is 11.2. The molecular weight excluding hydrogens is 358 g/mol. The van der Waals surface area contributed by atoms with Crippen LogP contribution in [0.3, 0.4) is 0 Å². The molecular formula is C18H29NO4S2. The molecule has 2 heterocycles. The van der Waals surface area contributed by atoms with Gasteiger partial charge in [0.25, 0.3) is 0 Å². The molecule has 2 rings (SSSR count). The number of hydrogen-bond acceptors (Lipinski definition) is 5. The second kappa shape index (κ2) is 6.44. The number of carbonyl (C=O) groups is 1. The number of rotatable bonds is 4. The van der Waals surface area contributed by atoms with Gasteiger partial charge >= 0.3 is 5.97 Å². The summed E-state index contributed by atoms with van der Waals surface area (Å²) in [6, 6.07) is 3.25. The summed E-state index contributed by atoms with van der Waals surface area (Å²) in [5, 5.41) is 1.93. The van der Waals surface area contributed by atoms with Crippen LogP contribution in [-0.4, -0.2) is 26.3 Å². The van der Waals surface area contributed by atoms with E-state index in [-0.39, 0.29) is 0 Å². The molecule has 1 aliphatic rings. The highest BCUT2D eigenvalue weighted by atomic mass is 32.2. The van der Waals surface area contributed by atoms with Crippen molar-refractivity contribution in [2.45, 2.75) is 77.6 Å². The molecule has 0 aromatic carbocycles. The molecule has 1 aromatic rings. The van der Waals surface area contributed by atoms with Gasteiger partial charge in [-0.2, -0.15) is 0 Å². The van der Waals surface area contributed by atoms with Crippen LogP contribution in [0.5, 0.6) is 0 Å². The van der Waals surface area contributed by atoms with Gasteiger partial charge < -0.3 is 9.47 Å². The van der Waals surface area contributed by atoms with Crippen LogP contribution in [0.1, 0.15) is 66.3 Å². The van der Waals surface area contributed by atoms with Crippen molar-refractivity contribution in [3.05, 3.63) is 22.4 Å². The molecule has 1 N–H and O–H groups in total. The average molecular weight is 388 g/mol. The normalized spacial score (nSPS) is 30.2. The largest absolute Gasteiger partial charge is 0.431 e. The summed E-state index contributed by atoms with van der Waals surface area (Å²) in [5.74, 6) is -1.50. The minimum atomic E-state index is -1.37. The van der Waals surface area contributed by atoms with Gasteiger partial charge in [0.05, 0.1) is 21.8 Å². The van der Waals surface area contributed by atoms with Gasteiger partial charge in [-0.25, -0.2) is 13.7 Å². The van der Waals surface area contributed by atoms with Crippen LogP contribution >= 0.6 is 11.3 Å². The zero-order valence-electron chi connectivity index (χ0n) is 16.3. The third-order valence-electron chi connectivity index (χ3n) is 4.62. The molecule has 0 aliphatic carbocycles. The van der Waals surface area contributed by atoms with Crippen LogP contribution in [-0.2, 0) is 25.3 Å². The Morgan fingerprint density at radius 3 is 2.20 bits per heavy atom. The molecule has 0 saturated carbocycles. The summed E-state index contributed by atoms with van der Waals surface area (Å²) in [6.45, 7) is 15.0. The van der Waals surface area contributed by atoms with Gasteiger partial charge in [-0.3, -0.25) is 0 Å². The summed E-state index contributed by atoms with van der Waals surface area (Å²) >= 11 is 1.49. The van der Waals surface area contributed by atoms with E-state index >= 15 is 0 Å². The number of hydrogen-bond donors (Lipinski definition) is 1. The molecule has 0 spiro atoms. The van der Waals surface area contributed by atoms with Gasteiger partial charge in [0.1, 0.15) is 0 Å². The topological polar surface area (TPSA) is 64.6 Å². The molecule has 1 unspecified atom stereocenters. The van der Waals surface area contributed by atoms with E-state index in [2.05, 4.69) is 4.72 Å². The zero-order chi connectivity index (χ0) is 19.3. The van der Waals surface area contributed by atoms with Crippen molar-refractivity contribution in [3.63, 3.8) is 0 Å². The highest BCUT2D eigenvalue weighted by molar-refractivity contribution is 7.84. The summed E-state index contributed by atoms with van der Waals surface area (Å²) in [4.78, 5) is 13.7. The monoisotopic (exact) mass is 387 g/mol. The molecule has 0 amide bonds. The van der Waals surface area contributed by atoms with Gasteiger partial charge in [0, 0.05) is 17.2 Å². The fourth-order valence-electron chi connectivity index (χ4n) is 2.41. The Labute approximate surface area is 157 Å². The van der Waals surface area contributed by atoms with E-state index in [1.54, 1.807) is 13.8 Å². The van der Waals surface area contributed by atoms with E-state index in [0.29, 0.717) is 0 Å². The molecule has 0 bridgehead atoms. The third kappa shape index (κ3) is 3.84. The maximum absolute atomic E-state index is 12.8. The number of esters is 1. The lowest BCUT2D eigenvalue weighted by Gasteiger charge is -2.38. The molecule has 0 radical (unpaired) electrons. The molecule has 1 fully saturated rings. The third-order valence-corrected chi connectivity index (χ3v) is 7.12. The van der Waals surface area contributed by atoms with Crippen molar-refractivity contribution in [1.82, 2.24) is 4.72 Å². The molecule has 7 heteroatoms. The Balaban J connectivity index is 2.44. The Hall–Kier alpha value is -0.760. The van der Waals surface area contributed by atoms with Crippen LogP contribution in [0.25, 0.3) is 0 Å². The van der Waals surface area contributed by atoms with E-state index < -0.39 is 44.5 Å². The SMILES string of the molecule is CC(C)(C)S(=O)N[C@H](c1cccs1)[C@@]1(C)O[C@](C)(C(C)(C)C)OC1=O. The average Bonchev–Trinajstić information content (AvgIpc) is 3.02. The first kappa shape index (κ1) is 20.6. The van der Waals surface area contributed by atoms with E-state index in [0.717, 1.165) is 4.88 Å². The van der Waals surface area contributed by atoms with Gasteiger partial charge in [0.15, 0.2) is 5.60 Å². The predicted octanol–water partition coefficient (Wildman–Crippen LogP) is 3.94. The maximum Gasteiger partial charge on any atom is 0.342 e. The minimum absolute atomic E-state index is 0.399. The molecule has 1 saturated heterocycles. The van der Waals surface area contributed by atoms with Crippen molar-refractivity contribution in [2.75, 3.05) is 0 Å². The van der Waals surface area contributed by atoms with E-state index in [4.69, 9.17) is 9.47 Å². The molecule has 142 valence electrons. The van der Waals surface area contributed by atoms with E-state index in [1.165, 1.54) is 11.3 Å². The molecule has 1 aliphatic heterocycles. The standard InChI is InChI=1S/C18H29NO4S2/c1-15(2,3)18(8)22-14(20)17(7,23-18)13(12-10-9-11-24-12)19-25(21)16(4,5)6/h9-11,13,19H,1-8H3/t13-,17-,18-,25?/m1/s1. The first-order valence-corrected chi connectivity index (χ1v) is 10.4. The lowest BCUT2D eigenvalue weighted by molar-refractivity contribution is -0.233. The minimum Gasteiger partial charge on any atom is -0.431 e. The highest BCUT2D eigenvalue weighted by Crippen LogP contribution is 2.48. The van der Waals surface area contributed by atoms with Crippen molar-refractivity contribution < 1.29 is 18.5 Å². The van der Waals surface area contributed by atoms with Gasteiger partial charge in [-0.05, 0) is 39.1 Å².